The minimum absolute atomic E-state index is 0.756. The molecule has 0 radical (unpaired) electrons. The molecule has 2 rings (SSSR count). The minimum atomic E-state index is 0.756. The summed E-state index contributed by atoms with van der Waals surface area (Å²) in [6.45, 7) is 2.09. The van der Waals surface area contributed by atoms with Crippen molar-refractivity contribution in [1.82, 2.24) is 4.98 Å². The summed E-state index contributed by atoms with van der Waals surface area (Å²) in [4.78, 5) is 6.59. The Morgan fingerprint density at radius 2 is 2.14 bits per heavy atom. The second kappa shape index (κ2) is 4.40. The molecule has 0 unspecified atom stereocenters. The van der Waals surface area contributed by atoms with E-state index in [1.165, 1.54) is 0 Å². The molecule has 2 heterocycles. The van der Waals surface area contributed by atoms with Crippen molar-refractivity contribution in [2.45, 2.75) is 0 Å². The fraction of sp³-hybridized carbons (Fsp3) is 0.444. The molecular formula is C9H12BrN3S. The lowest BCUT2D eigenvalue weighted by atomic mass is 10.3. The molecule has 0 saturated carbocycles. The number of nitrogens with zero attached hydrogens (tertiary/aromatic N) is 2. The van der Waals surface area contributed by atoms with Crippen molar-refractivity contribution >= 4 is 39.2 Å². The molecule has 1 saturated heterocycles. The standard InChI is InChI=1S/C9H12BrN3S/c10-7-5-8(11)9(12-6-7)13-1-3-14-4-2-13/h5-6H,1-4,11H2. The Balaban J connectivity index is 2.22. The lowest BCUT2D eigenvalue weighted by Crippen LogP contribution is -2.33. The van der Waals surface area contributed by atoms with Crippen LogP contribution < -0.4 is 10.6 Å². The van der Waals surface area contributed by atoms with Crippen molar-refractivity contribution in [3.05, 3.63) is 16.7 Å². The normalized spacial score (nSPS) is 17.1. The summed E-state index contributed by atoms with van der Waals surface area (Å²) in [5.41, 5.74) is 6.67. The Morgan fingerprint density at radius 3 is 2.79 bits per heavy atom. The van der Waals surface area contributed by atoms with Gasteiger partial charge in [0.2, 0.25) is 0 Å². The van der Waals surface area contributed by atoms with Gasteiger partial charge in [0.05, 0.1) is 5.69 Å². The molecule has 3 nitrogen and oxygen atoms in total. The maximum absolute atomic E-state index is 5.91. The van der Waals surface area contributed by atoms with Crippen LogP contribution in [0, 0.1) is 0 Å². The fourth-order valence-corrected chi connectivity index (χ4v) is 2.74. The van der Waals surface area contributed by atoms with Gasteiger partial charge in [-0.15, -0.1) is 0 Å². The Morgan fingerprint density at radius 1 is 1.43 bits per heavy atom. The van der Waals surface area contributed by atoms with Crippen LogP contribution in [0.4, 0.5) is 11.5 Å². The number of hydrogen-bond acceptors (Lipinski definition) is 4. The summed E-state index contributed by atoms with van der Waals surface area (Å²) < 4.78 is 0.935. The average molecular weight is 274 g/mol. The van der Waals surface area contributed by atoms with Gasteiger partial charge in [0, 0.05) is 35.3 Å². The molecule has 1 aliphatic heterocycles. The smallest absolute Gasteiger partial charge is 0.151 e. The molecule has 1 aliphatic rings. The van der Waals surface area contributed by atoms with Crippen LogP contribution in [0.1, 0.15) is 0 Å². The molecule has 0 spiro atoms. The van der Waals surface area contributed by atoms with Crippen LogP contribution in [0.5, 0.6) is 0 Å². The predicted octanol–water partition coefficient (Wildman–Crippen LogP) is 1.98. The first-order chi connectivity index (χ1) is 6.77. The molecule has 0 bridgehead atoms. The highest BCUT2D eigenvalue weighted by molar-refractivity contribution is 9.10. The Hall–Kier alpha value is -0.420. The summed E-state index contributed by atoms with van der Waals surface area (Å²) in [6.07, 6.45) is 1.80. The lowest BCUT2D eigenvalue weighted by molar-refractivity contribution is 0.841. The number of nitrogen functional groups attached to an aromatic ring is 1. The second-order valence-electron chi connectivity index (χ2n) is 3.17. The molecule has 0 amide bonds. The van der Waals surface area contributed by atoms with Crippen LogP contribution in [-0.4, -0.2) is 29.6 Å². The highest BCUT2D eigenvalue weighted by Crippen LogP contribution is 2.25. The fourth-order valence-electron chi connectivity index (χ4n) is 1.49. The van der Waals surface area contributed by atoms with Gasteiger partial charge in [0.25, 0.3) is 0 Å². The van der Waals surface area contributed by atoms with Crippen LogP contribution in [0.25, 0.3) is 0 Å². The highest BCUT2D eigenvalue weighted by Gasteiger charge is 2.14. The van der Waals surface area contributed by atoms with Crippen molar-refractivity contribution in [1.29, 1.82) is 0 Å². The topological polar surface area (TPSA) is 42.1 Å². The molecule has 1 aromatic heterocycles. The summed E-state index contributed by atoms with van der Waals surface area (Å²) >= 11 is 5.34. The quantitative estimate of drug-likeness (QED) is 0.850. The number of anilines is 2. The van der Waals surface area contributed by atoms with Gasteiger partial charge in [-0.05, 0) is 22.0 Å². The maximum Gasteiger partial charge on any atom is 0.151 e. The summed E-state index contributed by atoms with van der Waals surface area (Å²) in [5.74, 6) is 3.25. The van der Waals surface area contributed by atoms with Gasteiger partial charge in [0.15, 0.2) is 5.82 Å². The molecule has 1 fully saturated rings. The summed E-state index contributed by atoms with van der Waals surface area (Å²) in [7, 11) is 0. The Labute approximate surface area is 96.2 Å². The molecule has 0 atom stereocenters. The van der Waals surface area contributed by atoms with E-state index in [-0.39, 0.29) is 0 Å². The number of halogens is 1. The molecule has 14 heavy (non-hydrogen) atoms. The lowest BCUT2D eigenvalue weighted by Gasteiger charge is -2.28. The van der Waals surface area contributed by atoms with Crippen LogP contribution in [-0.2, 0) is 0 Å². The van der Waals surface area contributed by atoms with E-state index in [0.29, 0.717) is 0 Å². The van der Waals surface area contributed by atoms with Gasteiger partial charge >= 0.3 is 0 Å². The van der Waals surface area contributed by atoms with Gasteiger partial charge in [-0.25, -0.2) is 4.98 Å². The summed E-state index contributed by atoms with van der Waals surface area (Å²) in [5, 5.41) is 0. The van der Waals surface area contributed by atoms with Gasteiger partial charge in [-0.1, -0.05) is 0 Å². The predicted molar refractivity (Wildman–Crippen MR) is 65.9 cm³/mol. The monoisotopic (exact) mass is 273 g/mol. The molecule has 2 N–H and O–H groups in total. The van der Waals surface area contributed by atoms with Crippen molar-refractivity contribution in [3.8, 4) is 0 Å². The van der Waals surface area contributed by atoms with Gasteiger partial charge < -0.3 is 10.6 Å². The van der Waals surface area contributed by atoms with E-state index < -0.39 is 0 Å². The third-order valence-electron chi connectivity index (χ3n) is 2.17. The van der Waals surface area contributed by atoms with Crippen molar-refractivity contribution < 1.29 is 0 Å². The summed E-state index contributed by atoms with van der Waals surface area (Å²) in [6, 6.07) is 1.91. The Bertz CT molecular complexity index is 326. The SMILES string of the molecule is Nc1cc(Br)cnc1N1CCSCC1. The molecule has 76 valence electrons. The molecule has 0 aliphatic carbocycles. The zero-order chi connectivity index (χ0) is 9.97. The number of thioether (sulfide) groups is 1. The van der Waals surface area contributed by atoms with Gasteiger partial charge in [-0.2, -0.15) is 11.8 Å². The first-order valence-corrected chi connectivity index (χ1v) is 6.46. The first-order valence-electron chi connectivity index (χ1n) is 4.51. The molecular weight excluding hydrogens is 262 g/mol. The van der Waals surface area contributed by atoms with E-state index in [1.807, 2.05) is 17.8 Å². The third-order valence-corrected chi connectivity index (χ3v) is 3.55. The minimum Gasteiger partial charge on any atom is -0.396 e. The number of nitrogens with two attached hydrogens (primary N) is 1. The third kappa shape index (κ3) is 2.15. The van der Waals surface area contributed by atoms with E-state index in [4.69, 9.17) is 5.73 Å². The van der Waals surface area contributed by atoms with Gasteiger partial charge in [-0.3, -0.25) is 0 Å². The molecule has 5 heteroatoms. The van der Waals surface area contributed by atoms with Crippen molar-refractivity contribution in [3.63, 3.8) is 0 Å². The average Bonchev–Trinajstić information content (AvgIpc) is 2.19. The highest BCUT2D eigenvalue weighted by atomic mass is 79.9. The first kappa shape index (κ1) is 10.1. The van der Waals surface area contributed by atoms with Crippen molar-refractivity contribution in [2.24, 2.45) is 0 Å². The van der Waals surface area contributed by atoms with E-state index in [0.717, 1.165) is 40.6 Å². The van der Waals surface area contributed by atoms with E-state index in [2.05, 4.69) is 25.8 Å². The molecule has 1 aromatic rings. The van der Waals surface area contributed by atoms with Gasteiger partial charge in [0.1, 0.15) is 0 Å². The van der Waals surface area contributed by atoms with E-state index >= 15 is 0 Å². The second-order valence-corrected chi connectivity index (χ2v) is 5.31. The van der Waals surface area contributed by atoms with Crippen LogP contribution in [0.3, 0.4) is 0 Å². The van der Waals surface area contributed by atoms with E-state index in [9.17, 15) is 0 Å². The number of pyridine rings is 1. The van der Waals surface area contributed by atoms with E-state index in [1.54, 1.807) is 6.20 Å². The van der Waals surface area contributed by atoms with Crippen molar-refractivity contribution in [2.75, 3.05) is 35.2 Å². The maximum atomic E-state index is 5.91. The van der Waals surface area contributed by atoms with Crippen LogP contribution in [0.2, 0.25) is 0 Å². The number of hydrogen-bond donors (Lipinski definition) is 1. The molecule has 0 aromatic carbocycles. The van der Waals surface area contributed by atoms with Crippen LogP contribution in [0.15, 0.2) is 16.7 Å². The zero-order valence-electron chi connectivity index (χ0n) is 7.74. The number of rotatable bonds is 1. The zero-order valence-corrected chi connectivity index (χ0v) is 10.1. The largest absolute Gasteiger partial charge is 0.396 e. The van der Waals surface area contributed by atoms with Crippen LogP contribution >= 0.6 is 27.7 Å². The number of aromatic nitrogens is 1. The Kier molecular flexibility index (Phi) is 3.18.